The van der Waals surface area contributed by atoms with Crippen LogP contribution in [0.3, 0.4) is 0 Å². The number of carbonyl (C=O) groups is 1. The van der Waals surface area contributed by atoms with Crippen LogP contribution in [0, 0.1) is 5.82 Å². The Labute approximate surface area is 133 Å². The maximum Gasteiger partial charge on any atom is 0.238 e. The van der Waals surface area contributed by atoms with Gasteiger partial charge in [0.1, 0.15) is 11.2 Å². The van der Waals surface area contributed by atoms with Crippen LogP contribution in [-0.2, 0) is 10.2 Å². The number of benzene rings is 1. The van der Waals surface area contributed by atoms with E-state index in [2.05, 4.69) is 25.8 Å². The van der Waals surface area contributed by atoms with Crippen molar-refractivity contribution in [2.75, 3.05) is 10.7 Å². The summed E-state index contributed by atoms with van der Waals surface area (Å²) < 4.78 is 13.1. The SMILES string of the molecule is CC(C)(C)c1cc(N2C(=O)CSC2c2ccc(F)cc2)c[nH]1. The number of halogens is 1. The highest BCUT2D eigenvalue weighted by Gasteiger charge is 2.35. The van der Waals surface area contributed by atoms with E-state index in [-0.39, 0.29) is 22.5 Å². The van der Waals surface area contributed by atoms with Gasteiger partial charge in [0.05, 0.1) is 11.4 Å². The second-order valence-electron chi connectivity index (χ2n) is 6.50. The molecule has 116 valence electrons. The van der Waals surface area contributed by atoms with Gasteiger partial charge in [-0.3, -0.25) is 9.69 Å². The summed E-state index contributed by atoms with van der Waals surface area (Å²) in [5, 5.41) is -0.100. The van der Waals surface area contributed by atoms with E-state index >= 15 is 0 Å². The fourth-order valence-corrected chi connectivity index (χ4v) is 3.71. The van der Waals surface area contributed by atoms with Crippen molar-refractivity contribution in [3.8, 4) is 0 Å². The van der Waals surface area contributed by atoms with Gasteiger partial charge in [0.2, 0.25) is 5.91 Å². The average molecular weight is 318 g/mol. The van der Waals surface area contributed by atoms with Gasteiger partial charge in [-0.05, 0) is 23.8 Å². The third-order valence-electron chi connectivity index (χ3n) is 3.78. The standard InChI is InChI=1S/C17H19FN2OS/c1-17(2,3)14-8-13(9-19-14)20-15(21)10-22-16(20)11-4-6-12(18)7-5-11/h4-9,16,19H,10H2,1-3H3. The number of aromatic nitrogens is 1. The molecule has 1 aromatic heterocycles. The van der Waals surface area contributed by atoms with E-state index in [1.54, 1.807) is 28.8 Å². The van der Waals surface area contributed by atoms with Crippen molar-refractivity contribution in [1.82, 2.24) is 4.98 Å². The molecule has 3 nitrogen and oxygen atoms in total. The quantitative estimate of drug-likeness (QED) is 0.899. The normalized spacial score (nSPS) is 19.0. The maximum absolute atomic E-state index is 13.1. The zero-order chi connectivity index (χ0) is 15.9. The van der Waals surface area contributed by atoms with Gasteiger partial charge in [-0.2, -0.15) is 0 Å². The molecule has 1 aromatic carbocycles. The van der Waals surface area contributed by atoms with Crippen LogP contribution in [0.1, 0.15) is 37.4 Å². The number of nitrogens with zero attached hydrogens (tertiary/aromatic N) is 1. The molecule has 1 aliphatic heterocycles. The van der Waals surface area contributed by atoms with E-state index in [0.717, 1.165) is 16.9 Å². The summed E-state index contributed by atoms with van der Waals surface area (Å²) in [6.07, 6.45) is 1.88. The Morgan fingerprint density at radius 2 is 1.95 bits per heavy atom. The van der Waals surface area contributed by atoms with Crippen LogP contribution >= 0.6 is 11.8 Å². The molecule has 2 heterocycles. The molecule has 1 fully saturated rings. The number of H-pyrrole nitrogens is 1. The first-order chi connectivity index (χ1) is 10.4. The Hall–Kier alpha value is -1.75. The predicted molar refractivity (Wildman–Crippen MR) is 88.6 cm³/mol. The number of anilines is 1. The Kier molecular flexibility index (Phi) is 3.77. The van der Waals surface area contributed by atoms with Crippen molar-refractivity contribution in [2.45, 2.75) is 31.6 Å². The van der Waals surface area contributed by atoms with E-state index in [4.69, 9.17) is 0 Å². The first-order valence-electron chi connectivity index (χ1n) is 7.24. The summed E-state index contributed by atoms with van der Waals surface area (Å²) in [4.78, 5) is 17.4. The molecule has 1 atom stereocenters. The summed E-state index contributed by atoms with van der Waals surface area (Å²) in [7, 11) is 0. The summed E-state index contributed by atoms with van der Waals surface area (Å²) in [6, 6.07) is 8.40. The van der Waals surface area contributed by atoms with Crippen molar-refractivity contribution in [1.29, 1.82) is 0 Å². The molecular weight excluding hydrogens is 299 g/mol. The molecule has 2 aromatic rings. The number of amides is 1. The van der Waals surface area contributed by atoms with E-state index in [9.17, 15) is 9.18 Å². The smallest absolute Gasteiger partial charge is 0.238 e. The molecule has 1 saturated heterocycles. The first-order valence-corrected chi connectivity index (χ1v) is 8.29. The Bertz CT molecular complexity index is 687. The monoisotopic (exact) mass is 318 g/mol. The molecule has 0 aliphatic carbocycles. The molecule has 0 radical (unpaired) electrons. The average Bonchev–Trinajstić information content (AvgIpc) is 3.05. The van der Waals surface area contributed by atoms with Crippen LogP contribution in [0.2, 0.25) is 0 Å². The van der Waals surface area contributed by atoms with Gasteiger partial charge in [-0.15, -0.1) is 11.8 Å². The van der Waals surface area contributed by atoms with Crippen LogP contribution in [-0.4, -0.2) is 16.6 Å². The van der Waals surface area contributed by atoms with Crippen molar-refractivity contribution >= 4 is 23.4 Å². The third-order valence-corrected chi connectivity index (χ3v) is 4.99. The van der Waals surface area contributed by atoms with E-state index in [0.29, 0.717) is 5.75 Å². The molecular formula is C17H19FN2OS. The van der Waals surface area contributed by atoms with Gasteiger partial charge in [0.15, 0.2) is 0 Å². The van der Waals surface area contributed by atoms with Gasteiger partial charge in [-0.25, -0.2) is 4.39 Å². The molecule has 1 unspecified atom stereocenters. The molecule has 0 saturated carbocycles. The number of aromatic amines is 1. The highest BCUT2D eigenvalue weighted by Crippen LogP contribution is 2.42. The highest BCUT2D eigenvalue weighted by molar-refractivity contribution is 8.00. The first kappa shape index (κ1) is 15.2. The minimum atomic E-state index is -0.263. The summed E-state index contributed by atoms with van der Waals surface area (Å²) in [5.41, 5.74) is 2.90. The van der Waals surface area contributed by atoms with Crippen LogP contribution in [0.5, 0.6) is 0 Å². The zero-order valence-electron chi connectivity index (χ0n) is 12.9. The number of thioether (sulfide) groups is 1. The fraction of sp³-hybridized carbons (Fsp3) is 0.353. The third kappa shape index (κ3) is 2.77. The summed E-state index contributed by atoms with van der Waals surface area (Å²) in [5.74, 6) is 0.262. The maximum atomic E-state index is 13.1. The van der Waals surface area contributed by atoms with Crippen LogP contribution in [0.25, 0.3) is 0 Å². The van der Waals surface area contributed by atoms with E-state index in [1.165, 1.54) is 12.1 Å². The predicted octanol–water partition coefficient (Wildman–Crippen LogP) is 4.23. The molecule has 1 N–H and O–H groups in total. The second kappa shape index (κ2) is 5.47. The lowest BCUT2D eigenvalue weighted by molar-refractivity contribution is -0.115. The highest BCUT2D eigenvalue weighted by atomic mass is 32.2. The van der Waals surface area contributed by atoms with Crippen LogP contribution < -0.4 is 4.90 Å². The lowest BCUT2D eigenvalue weighted by atomic mass is 9.92. The number of carbonyl (C=O) groups excluding carboxylic acids is 1. The van der Waals surface area contributed by atoms with Crippen molar-refractivity contribution in [3.05, 3.63) is 53.6 Å². The van der Waals surface area contributed by atoms with Crippen molar-refractivity contribution in [2.24, 2.45) is 0 Å². The van der Waals surface area contributed by atoms with E-state index < -0.39 is 0 Å². The Balaban J connectivity index is 1.94. The van der Waals surface area contributed by atoms with Crippen molar-refractivity contribution in [3.63, 3.8) is 0 Å². The lowest BCUT2D eigenvalue weighted by Crippen LogP contribution is -2.27. The Morgan fingerprint density at radius 1 is 1.27 bits per heavy atom. The molecule has 22 heavy (non-hydrogen) atoms. The largest absolute Gasteiger partial charge is 0.363 e. The summed E-state index contributed by atoms with van der Waals surface area (Å²) >= 11 is 1.57. The Morgan fingerprint density at radius 3 is 2.55 bits per heavy atom. The molecule has 1 aliphatic rings. The lowest BCUT2D eigenvalue weighted by Gasteiger charge is -2.23. The number of nitrogens with one attached hydrogen (secondary N) is 1. The van der Waals surface area contributed by atoms with Crippen LogP contribution in [0.4, 0.5) is 10.1 Å². The number of rotatable bonds is 2. The van der Waals surface area contributed by atoms with E-state index in [1.807, 2.05) is 12.3 Å². The van der Waals surface area contributed by atoms with Gasteiger partial charge < -0.3 is 4.98 Å². The molecule has 5 heteroatoms. The number of hydrogen-bond donors (Lipinski definition) is 1. The molecule has 3 rings (SSSR count). The molecule has 0 spiro atoms. The minimum Gasteiger partial charge on any atom is -0.363 e. The van der Waals surface area contributed by atoms with Gasteiger partial charge >= 0.3 is 0 Å². The van der Waals surface area contributed by atoms with Crippen LogP contribution in [0.15, 0.2) is 36.5 Å². The molecule has 0 bridgehead atoms. The minimum absolute atomic E-state index is 0.000459. The number of hydrogen-bond acceptors (Lipinski definition) is 2. The fourth-order valence-electron chi connectivity index (χ4n) is 2.53. The summed E-state index contributed by atoms with van der Waals surface area (Å²) in [6.45, 7) is 6.38. The van der Waals surface area contributed by atoms with Gasteiger partial charge in [0, 0.05) is 17.3 Å². The topological polar surface area (TPSA) is 36.1 Å². The molecule has 1 amide bonds. The van der Waals surface area contributed by atoms with Crippen molar-refractivity contribution < 1.29 is 9.18 Å². The zero-order valence-corrected chi connectivity index (χ0v) is 13.7. The second-order valence-corrected chi connectivity index (χ2v) is 7.57. The van der Waals surface area contributed by atoms with Gasteiger partial charge in [-0.1, -0.05) is 32.9 Å². The van der Waals surface area contributed by atoms with Gasteiger partial charge in [0.25, 0.3) is 0 Å².